The number of carbonyl (C=O) groups is 1. The Balaban J connectivity index is 1.84. The average molecular weight is 364 g/mol. The molecule has 0 heterocycles. The van der Waals surface area contributed by atoms with Crippen LogP contribution in [0.2, 0.25) is 0 Å². The first-order valence-corrected chi connectivity index (χ1v) is 8.74. The fourth-order valence-corrected chi connectivity index (χ4v) is 2.68. The summed E-state index contributed by atoms with van der Waals surface area (Å²) >= 11 is 0. The van der Waals surface area contributed by atoms with Crippen molar-refractivity contribution in [2.45, 2.75) is 20.1 Å². The fourth-order valence-electron chi connectivity index (χ4n) is 2.68. The summed E-state index contributed by atoms with van der Waals surface area (Å²) < 4.78 is 17.3. The second-order valence-electron chi connectivity index (χ2n) is 6.10. The largest absolute Gasteiger partial charge is 0.493 e. The molecule has 0 unspecified atom stereocenters. The Labute approximate surface area is 159 Å². The van der Waals surface area contributed by atoms with Gasteiger partial charge in [-0.1, -0.05) is 60.7 Å². The Hall–Kier alpha value is -3.27. The SMILES string of the molecule is COc1cc([13C]([13CH3])=O)c(OCc2ccccc2)cc1OCc1ccccc1. The molecule has 4 heteroatoms. The molecule has 0 aliphatic heterocycles. The molecule has 0 fully saturated rings. The van der Waals surface area contributed by atoms with Crippen LogP contribution in [0.4, 0.5) is 0 Å². The first kappa shape index (κ1) is 18.5. The second-order valence-corrected chi connectivity index (χ2v) is 6.10. The number of Topliss-reactive ketones (excluding diaryl/α,β-unsaturated/α-hetero) is 1. The van der Waals surface area contributed by atoms with Crippen molar-refractivity contribution in [1.82, 2.24) is 0 Å². The van der Waals surface area contributed by atoms with Gasteiger partial charge in [0.2, 0.25) is 0 Å². The van der Waals surface area contributed by atoms with Crippen LogP contribution in [0.25, 0.3) is 0 Å². The van der Waals surface area contributed by atoms with Gasteiger partial charge in [-0.25, -0.2) is 0 Å². The average Bonchev–Trinajstić information content (AvgIpc) is 2.71. The molecule has 0 N–H and O–H groups in total. The lowest BCUT2D eigenvalue weighted by Crippen LogP contribution is -2.05. The van der Waals surface area contributed by atoms with Crippen LogP contribution < -0.4 is 14.2 Å². The quantitative estimate of drug-likeness (QED) is 0.414. The van der Waals surface area contributed by atoms with E-state index in [0.29, 0.717) is 36.0 Å². The van der Waals surface area contributed by atoms with Gasteiger partial charge in [-0.3, -0.25) is 4.79 Å². The Morgan fingerprint density at radius 3 is 1.74 bits per heavy atom. The number of ketones is 1. The lowest BCUT2D eigenvalue weighted by Gasteiger charge is -2.16. The normalized spacial score (nSPS) is 10.3. The summed E-state index contributed by atoms with van der Waals surface area (Å²) in [4.78, 5) is 12.1. The summed E-state index contributed by atoms with van der Waals surface area (Å²) in [5, 5.41) is 0. The molecule has 3 rings (SSSR count). The van der Waals surface area contributed by atoms with Crippen LogP contribution in [0.5, 0.6) is 17.2 Å². The molecule has 0 bridgehead atoms. The van der Waals surface area contributed by atoms with Crippen LogP contribution >= 0.6 is 0 Å². The maximum atomic E-state index is 12.1. The number of methoxy groups -OCH3 is 1. The van der Waals surface area contributed by atoms with Crippen molar-refractivity contribution in [3.8, 4) is 17.2 Å². The molecule has 0 aliphatic carbocycles. The molecule has 138 valence electrons. The van der Waals surface area contributed by atoms with Crippen LogP contribution in [0.15, 0.2) is 72.8 Å². The number of carbonyl (C=O) groups excluding carboxylic acids is 1. The number of rotatable bonds is 8. The van der Waals surface area contributed by atoms with E-state index in [1.807, 2.05) is 60.7 Å². The molecule has 0 saturated heterocycles. The Kier molecular flexibility index (Phi) is 6.10. The van der Waals surface area contributed by atoms with E-state index in [4.69, 9.17) is 14.2 Å². The van der Waals surface area contributed by atoms with Gasteiger partial charge in [0.15, 0.2) is 17.3 Å². The van der Waals surface area contributed by atoms with Gasteiger partial charge in [0.25, 0.3) is 0 Å². The molecule has 0 radical (unpaired) electrons. The first-order chi connectivity index (χ1) is 13.2. The summed E-state index contributed by atoms with van der Waals surface area (Å²) in [6.07, 6.45) is 0. The van der Waals surface area contributed by atoms with Gasteiger partial charge in [-0.05, 0) is 24.1 Å². The van der Waals surface area contributed by atoms with Crippen molar-refractivity contribution in [3.05, 3.63) is 89.5 Å². The van der Waals surface area contributed by atoms with E-state index < -0.39 is 0 Å². The first-order valence-electron chi connectivity index (χ1n) is 8.74. The van der Waals surface area contributed by atoms with Gasteiger partial charge in [0.1, 0.15) is 19.0 Å². The summed E-state index contributed by atoms with van der Waals surface area (Å²) in [6, 6.07) is 23.1. The predicted molar refractivity (Wildman–Crippen MR) is 105 cm³/mol. The maximum Gasteiger partial charge on any atom is 0.165 e. The van der Waals surface area contributed by atoms with Crippen LogP contribution in [-0.2, 0) is 13.2 Å². The van der Waals surface area contributed by atoms with Crippen molar-refractivity contribution >= 4 is 5.78 Å². The Morgan fingerprint density at radius 2 is 1.26 bits per heavy atom. The van der Waals surface area contributed by atoms with Gasteiger partial charge >= 0.3 is 0 Å². The smallest absolute Gasteiger partial charge is 0.165 e. The summed E-state index contributed by atoms with van der Waals surface area (Å²) in [5.41, 5.74) is 2.53. The topological polar surface area (TPSA) is 44.8 Å². The van der Waals surface area contributed by atoms with Crippen LogP contribution in [0, 0.1) is 0 Å². The summed E-state index contributed by atoms with van der Waals surface area (Å²) in [5.74, 6) is 1.43. The molecule has 3 aromatic rings. The number of hydrogen-bond donors (Lipinski definition) is 0. The predicted octanol–water partition coefficient (Wildman–Crippen LogP) is 5.06. The summed E-state index contributed by atoms with van der Waals surface area (Å²) in [7, 11) is 1.55. The third kappa shape index (κ3) is 4.88. The van der Waals surface area contributed by atoms with Gasteiger partial charge in [0.05, 0.1) is 12.7 Å². The lowest BCUT2D eigenvalue weighted by molar-refractivity contribution is 0.101. The molecule has 4 nitrogen and oxygen atoms in total. The molecular formula is C23H22O4. The Morgan fingerprint density at radius 1 is 0.741 bits per heavy atom. The monoisotopic (exact) mass is 364 g/mol. The molecule has 0 atom stereocenters. The number of ether oxygens (including phenoxy) is 3. The highest BCUT2D eigenvalue weighted by atomic mass is 16.5. The van der Waals surface area contributed by atoms with Gasteiger partial charge < -0.3 is 14.2 Å². The van der Waals surface area contributed by atoms with E-state index in [1.165, 1.54) is 6.92 Å². The molecule has 0 aliphatic rings. The molecule has 0 spiro atoms. The Bertz CT molecular complexity index is 889. The zero-order valence-electron chi connectivity index (χ0n) is 15.5. The van der Waals surface area contributed by atoms with E-state index in [0.717, 1.165) is 11.1 Å². The van der Waals surface area contributed by atoms with Crippen molar-refractivity contribution in [2.75, 3.05) is 7.11 Å². The summed E-state index contributed by atoms with van der Waals surface area (Å²) in [6.45, 7) is 2.27. The van der Waals surface area contributed by atoms with Gasteiger partial charge in [-0.2, -0.15) is 0 Å². The highest BCUT2D eigenvalue weighted by molar-refractivity contribution is 5.97. The molecule has 0 amide bonds. The molecule has 0 saturated carbocycles. The van der Waals surface area contributed by atoms with Crippen LogP contribution in [0.3, 0.4) is 0 Å². The van der Waals surface area contributed by atoms with Crippen LogP contribution in [-0.4, -0.2) is 12.9 Å². The van der Waals surface area contributed by atoms with E-state index >= 15 is 0 Å². The minimum Gasteiger partial charge on any atom is -0.493 e. The third-order valence-corrected chi connectivity index (χ3v) is 4.12. The molecule has 3 aromatic carbocycles. The maximum absolute atomic E-state index is 12.1. The van der Waals surface area contributed by atoms with E-state index in [-0.39, 0.29) is 5.78 Å². The van der Waals surface area contributed by atoms with E-state index in [1.54, 1.807) is 19.2 Å². The van der Waals surface area contributed by atoms with Gasteiger partial charge in [0, 0.05) is 6.07 Å². The standard InChI is InChI=1S/C23H22O4/c1-17(24)20-13-22(25-2)23(27-16-19-11-7-4-8-12-19)14-21(20)26-15-18-9-5-3-6-10-18/h3-14H,15-16H2,1-2H3/i1+1,17+1. The highest BCUT2D eigenvalue weighted by Crippen LogP contribution is 2.36. The van der Waals surface area contributed by atoms with E-state index in [2.05, 4.69) is 0 Å². The zero-order chi connectivity index (χ0) is 19.1. The number of benzene rings is 3. The fraction of sp³-hybridized carbons (Fsp3) is 0.174. The third-order valence-electron chi connectivity index (χ3n) is 4.12. The second kappa shape index (κ2) is 8.90. The van der Waals surface area contributed by atoms with E-state index in [9.17, 15) is 4.79 Å². The minimum atomic E-state index is -0.0917. The van der Waals surface area contributed by atoms with Crippen molar-refractivity contribution in [2.24, 2.45) is 0 Å². The highest BCUT2D eigenvalue weighted by Gasteiger charge is 2.16. The lowest BCUT2D eigenvalue weighted by atomic mass is 10.2. The van der Waals surface area contributed by atoms with Crippen molar-refractivity contribution in [3.63, 3.8) is 0 Å². The zero-order valence-corrected chi connectivity index (χ0v) is 15.5. The minimum absolute atomic E-state index is 0.0917. The van der Waals surface area contributed by atoms with Crippen molar-refractivity contribution in [1.29, 1.82) is 0 Å². The van der Waals surface area contributed by atoms with Gasteiger partial charge in [-0.15, -0.1) is 0 Å². The van der Waals surface area contributed by atoms with Crippen LogP contribution in [0.1, 0.15) is 28.4 Å². The number of hydrogen-bond acceptors (Lipinski definition) is 4. The molecule has 27 heavy (non-hydrogen) atoms. The van der Waals surface area contributed by atoms with Crippen molar-refractivity contribution < 1.29 is 19.0 Å². The molecule has 0 aromatic heterocycles. The molecular weight excluding hydrogens is 342 g/mol.